The molecular weight excluding hydrogens is 383 g/mol. The Hall–Kier alpha value is -1.50. The number of carbonyl (C=O) groups is 3. The molecule has 0 aromatic heterocycles. The van der Waals surface area contributed by atoms with Gasteiger partial charge in [-0.3, -0.25) is 19.3 Å². The molecule has 0 saturated carbocycles. The monoisotopic (exact) mass is 398 g/mol. The third-order valence-corrected chi connectivity index (χ3v) is 5.88. The fourth-order valence-electron chi connectivity index (χ4n) is 2.79. The van der Waals surface area contributed by atoms with Crippen LogP contribution in [0, 0.1) is 0 Å². The normalized spacial score (nSPS) is 19.8. The quantitative estimate of drug-likeness (QED) is 0.720. The van der Waals surface area contributed by atoms with Crippen molar-refractivity contribution in [1.29, 1.82) is 0 Å². The highest BCUT2D eigenvalue weighted by atomic mass is 35.5. The van der Waals surface area contributed by atoms with E-state index in [0.717, 1.165) is 35.9 Å². The molecule has 0 spiro atoms. The first-order valence-electron chi connectivity index (χ1n) is 7.94. The van der Waals surface area contributed by atoms with E-state index in [1.807, 2.05) is 0 Å². The van der Waals surface area contributed by atoms with E-state index in [1.165, 1.54) is 6.08 Å². The maximum atomic E-state index is 12.5. The molecule has 5 nitrogen and oxygen atoms in total. The second kappa shape index (κ2) is 7.81. The first-order chi connectivity index (χ1) is 12.0. The molecule has 2 heterocycles. The molecule has 0 aliphatic carbocycles. The van der Waals surface area contributed by atoms with Crippen molar-refractivity contribution in [2.45, 2.75) is 19.3 Å². The molecule has 2 aliphatic rings. The van der Waals surface area contributed by atoms with Crippen molar-refractivity contribution < 1.29 is 14.4 Å². The number of amides is 3. The number of rotatable bonds is 3. The number of benzene rings is 1. The van der Waals surface area contributed by atoms with Gasteiger partial charge in [-0.15, -0.1) is 0 Å². The molecule has 3 rings (SSSR count). The third-order valence-electron chi connectivity index (χ3n) is 4.14. The lowest BCUT2D eigenvalue weighted by atomic mass is 10.1. The van der Waals surface area contributed by atoms with E-state index in [0.29, 0.717) is 28.7 Å². The molecule has 0 unspecified atom stereocenters. The van der Waals surface area contributed by atoms with Crippen molar-refractivity contribution in [3.05, 3.63) is 38.7 Å². The van der Waals surface area contributed by atoms with Crippen LogP contribution in [0.15, 0.2) is 23.1 Å². The summed E-state index contributed by atoms with van der Waals surface area (Å²) in [5.74, 6) is -0.666. The Bertz CT molecular complexity index is 760. The van der Waals surface area contributed by atoms with E-state index in [2.05, 4.69) is 0 Å². The largest absolute Gasteiger partial charge is 0.341 e. The van der Waals surface area contributed by atoms with Crippen LogP contribution in [0.1, 0.15) is 24.8 Å². The van der Waals surface area contributed by atoms with Gasteiger partial charge in [0.05, 0.1) is 15.0 Å². The van der Waals surface area contributed by atoms with Crippen molar-refractivity contribution in [2.75, 3.05) is 19.6 Å². The molecule has 1 aromatic rings. The van der Waals surface area contributed by atoms with Gasteiger partial charge in [-0.2, -0.15) is 0 Å². The summed E-state index contributed by atoms with van der Waals surface area (Å²) in [4.78, 5) is 39.9. The minimum Gasteiger partial charge on any atom is -0.341 e. The molecule has 8 heteroatoms. The summed E-state index contributed by atoms with van der Waals surface area (Å²) in [6.07, 6.45) is 4.56. The zero-order valence-corrected chi connectivity index (χ0v) is 15.7. The zero-order chi connectivity index (χ0) is 18.0. The van der Waals surface area contributed by atoms with Crippen molar-refractivity contribution >= 4 is 58.1 Å². The highest BCUT2D eigenvalue weighted by Gasteiger charge is 2.37. The molecule has 132 valence electrons. The molecule has 1 aromatic carbocycles. The molecule has 2 fully saturated rings. The number of halogens is 2. The summed E-state index contributed by atoms with van der Waals surface area (Å²) in [5.41, 5.74) is 0.557. The van der Waals surface area contributed by atoms with Gasteiger partial charge in [0.15, 0.2) is 0 Å². The fraction of sp³-hybridized carbons (Fsp3) is 0.353. The van der Waals surface area contributed by atoms with E-state index in [-0.39, 0.29) is 17.4 Å². The number of piperidine rings is 1. The first-order valence-corrected chi connectivity index (χ1v) is 9.52. The van der Waals surface area contributed by atoms with Crippen LogP contribution in [0.2, 0.25) is 10.0 Å². The Morgan fingerprint density at radius 1 is 1.16 bits per heavy atom. The molecule has 0 N–H and O–H groups in total. The van der Waals surface area contributed by atoms with Crippen LogP contribution in [0.4, 0.5) is 4.79 Å². The molecule has 0 atom stereocenters. The van der Waals surface area contributed by atoms with E-state index in [1.54, 1.807) is 23.1 Å². The Morgan fingerprint density at radius 3 is 2.60 bits per heavy atom. The van der Waals surface area contributed by atoms with E-state index in [4.69, 9.17) is 23.2 Å². The standard InChI is InChI=1S/C17H16Cl2N2O3S/c18-12-6-4-5-11(15(12)19)9-13-16(23)21(17(24)25-13)10-14(22)20-7-2-1-3-8-20/h4-6,9H,1-3,7-8,10H2/b13-9+. The number of hydrogen-bond donors (Lipinski definition) is 0. The van der Waals surface area contributed by atoms with Gasteiger partial charge in [0.1, 0.15) is 6.54 Å². The van der Waals surface area contributed by atoms with Crippen LogP contribution in [0.3, 0.4) is 0 Å². The maximum Gasteiger partial charge on any atom is 0.294 e. The molecule has 0 bridgehead atoms. The molecular formula is C17H16Cl2N2O3S. The molecule has 2 saturated heterocycles. The van der Waals surface area contributed by atoms with Crippen LogP contribution >= 0.6 is 35.0 Å². The van der Waals surface area contributed by atoms with Gasteiger partial charge in [0.25, 0.3) is 11.1 Å². The van der Waals surface area contributed by atoms with Gasteiger partial charge < -0.3 is 4.90 Å². The van der Waals surface area contributed by atoms with E-state index < -0.39 is 11.1 Å². The molecule has 0 radical (unpaired) electrons. The summed E-state index contributed by atoms with van der Waals surface area (Å²) in [7, 11) is 0. The average molecular weight is 399 g/mol. The van der Waals surface area contributed by atoms with E-state index >= 15 is 0 Å². The van der Waals surface area contributed by atoms with Gasteiger partial charge in [-0.05, 0) is 48.7 Å². The van der Waals surface area contributed by atoms with Crippen molar-refractivity contribution in [1.82, 2.24) is 9.80 Å². The highest BCUT2D eigenvalue weighted by Crippen LogP contribution is 2.35. The summed E-state index contributed by atoms with van der Waals surface area (Å²) >= 11 is 12.9. The summed E-state index contributed by atoms with van der Waals surface area (Å²) < 4.78 is 0. The Kier molecular flexibility index (Phi) is 5.71. The van der Waals surface area contributed by atoms with Crippen molar-refractivity contribution in [3.63, 3.8) is 0 Å². The fourth-order valence-corrected chi connectivity index (χ4v) is 3.98. The average Bonchev–Trinajstić information content (AvgIpc) is 2.87. The van der Waals surface area contributed by atoms with Crippen LogP contribution in [0.25, 0.3) is 6.08 Å². The Morgan fingerprint density at radius 2 is 1.88 bits per heavy atom. The maximum absolute atomic E-state index is 12.5. The lowest BCUT2D eigenvalue weighted by Gasteiger charge is -2.27. The van der Waals surface area contributed by atoms with Crippen molar-refractivity contribution in [2.24, 2.45) is 0 Å². The predicted molar refractivity (Wildman–Crippen MR) is 99.6 cm³/mol. The van der Waals surface area contributed by atoms with Crippen LogP contribution in [-0.4, -0.2) is 46.5 Å². The lowest BCUT2D eigenvalue weighted by molar-refractivity contribution is -0.136. The number of hydrogen-bond acceptors (Lipinski definition) is 4. The lowest BCUT2D eigenvalue weighted by Crippen LogP contribution is -2.44. The van der Waals surface area contributed by atoms with E-state index in [9.17, 15) is 14.4 Å². The molecule has 3 amide bonds. The smallest absolute Gasteiger partial charge is 0.294 e. The van der Waals surface area contributed by atoms with Crippen LogP contribution in [-0.2, 0) is 9.59 Å². The molecule has 2 aliphatic heterocycles. The minimum atomic E-state index is -0.476. The van der Waals surface area contributed by atoms with Crippen LogP contribution < -0.4 is 0 Å². The number of imide groups is 1. The van der Waals surface area contributed by atoms with Crippen molar-refractivity contribution in [3.8, 4) is 0 Å². The molecule has 25 heavy (non-hydrogen) atoms. The van der Waals surface area contributed by atoms with Gasteiger partial charge in [0.2, 0.25) is 5.91 Å². The van der Waals surface area contributed by atoms with Crippen LogP contribution in [0.5, 0.6) is 0 Å². The number of likely N-dealkylation sites (tertiary alicyclic amines) is 1. The second-order valence-corrected chi connectivity index (χ2v) is 7.63. The predicted octanol–water partition coefficient (Wildman–Crippen LogP) is 4.04. The number of carbonyl (C=O) groups excluding carboxylic acids is 3. The zero-order valence-electron chi connectivity index (χ0n) is 13.3. The van der Waals surface area contributed by atoms with Gasteiger partial charge in [0, 0.05) is 13.1 Å². The number of thioether (sulfide) groups is 1. The Balaban J connectivity index is 1.74. The van der Waals surface area contributed by atoms with Gasteiger partial charge in [-0.1, -0.05) is 35.3 Å². The summed E-state index contributed by atoms with van der Waals surface area (Å²) in [6, 6.07) is 5.06. The number of nitrogens with zero attached hydrogens (tertiary/aromatic N) is 2. The first kappa shape index (κ1) is 18.3. The topological polar surface area (TPSA) is 57.7 Å². The third kappa shape index (κ3) is 4.02. The minimum absolute atomic E-state index is 0.191. The second-order valence-electron chi connectivity index (χ2n) is 5.85. The highest BCUT2D eigenvalue weighted by molar-refractivity contribution is 8.18. The van der Waals surface area contributed by atoms with Gasteiger partial charge >= 0.3 is 0 Å². The van der Waals surface area contributed by atoms with Gasteiger partial charge in [-0.25, -0.2) is 0 Å². The summed E-state index contributed by atoms with van der Waals surface area (Å²) in [5, 5.41) is 0.245. The Labute approximate surface area is 159 Å². The SMILES string of the molecule is O=C(CN1C(=O)S/C(=C/c2cccc(Cl)c2Cl)C1=O)N1CCCCC1. The summed E-state index contributed by atoms with van der Waals surface area (Å²) in [6.45, 7) is 1.15.